The number of piperidine rings is 2. The lowest BCUT2D eigenvalue weighted by Gasteiger charge is -2.38. The standard InChI is InChI=1S/C26H32ClN3O3/c1-33-23-11-10-21(18-22(23)27)28-25(31)24(19-8-4-2-5-9-19)29-16-12-20(13-17-29)26(32)30-14-6-3-7-15-30/h2,4-5,8-11,18,20,24H,3,6-7,12-17H2,1H3,(H,28,31)/t24-/m1/s1. The van der Waals surface area contributed by atoms with Crippen molar-refractivity contribution in [2.45, 2.75) is 38.1 Å². The summed E-state index contributed by atoms with van der Waals surface area (Å²) in [6.45, 7) is 3.19. The number of amides is 2. The monoisotopic (exact) mass is 469 g/mol. The van der Waals surface area contributed by atoms with E-state index in [0.717, 1.165) is 44.3 Å². The van der Waals surface area contributed by atoms with Gasteiger partial charge in [0, 0.05) is 24.7 Å². The van der Waals surface area contributed by atoms with E-state index in [0.29, 0.717) is 35.5 Å². The van der Waals surface area contributed by atoms with Crippen molar-refractivity contribution in [3.05, 3.63) is 59.1 Å². The van der Waals surface area contributed by atoms with Crippen LogP contribution in [0.2, 0.25) is 5.02 Å². The van der Waals surface area contributed by atoms with E-state index in [1.54, 1.807) is 25.3 Å². The van der Waals surface area contributed by atoms with Crippen molar-refractivity contribution in [3.8, 4) is 5.75 Å². The Morgan fingerprint density at radius 2 is 1.70 bits per heavy atom. The quantitative estimate of drug-likeness (QED) is 0.663. The third-order valence-corrected chi connectivity index (χ3v) is 6.99. The molecule has 2 aliphatic heterocycles. The Morgan fingerprint density at radius 1 is 1.00 bits per heavy atom. The fraction of sp³-hybridized carbons (Fsp3) is 0.462. The van der Waals surface area contributed by atoms with E-state index >= 15 is 0 Å². The van der Waals surface area contributed by atoms with Gasteiger partial charge in [0.25, 0.3) is 0 Å². The smallest absolute Gasteiger partial charge is 0.246 e. The van der Waals surface area contributed by atoms with Gasteiger partial charge in [0.05, 0.1) is 12.1 Å². The maximum Gasteiger partial charge on any atom is 0.246 e. The number of methoxy groups -OCH3 is 1. The predicted molar refractivity (Wildman–Crippen MR) is 131 cm³/mol. The molecule has 6 nitrogen and oxygen atoms in total. The molecule has 4 rings (SSSR count). The first-order valence-electron chi connectivity index (χ1n) is 11.8. The molecule has 2 aromatic carbocycles. The fourth-order valence-corrected chi connectivity index (χ4v) is 5.15. The highest BCUT2D eigenvalue weighted by Gasteiger charge is 2.34. The maximum atomic E-state index is 13.4. The minimum absolute atomic E-state index is 0.0548. The molecule has 0 saturated carbocycles. The van der Waals surface area contributed by atoms with Crippen LogP contribution in [0.1, 0.15) is 43.7 Å². The molecule has 2 saturated heterocycles. The van der Waals surface area contributed by atoms with Gasteiger partial charge in [-0.15, -0.1) is 0 Å². The Hall–Kier alpha value is -2.57. The predicted octanol–water partition coefficient (Wildman–Crippen LogP) is 4.75. The Morgan fingerprint density at radius 3 is 2.33 bits per heavy atom. The third-order valence-electron chi connectivity index (χ3n) is 6.69. The van der Waals surface area contributed by atoms with E-state index in [1.165, 1.54) is 6.42 Å². The Balaban J connectivity index is 1.46. The Labute approximate surface area is 200 Å². The molecule has 2 heterocycles. The Bertz CT molecular complexity index is 955. The number of ether oxygens (including phenoxy) is 1. The first-order valence-corrected chi connectivity index (χ1v) is 12.2. The van der Waals surface area contributed by atoms with Crippen molar-refractivity contribution < 1.29 is 14.3 Å². The number of rotatable bonds is 6. The zero-order chi connectivity index (χ0) is 23.2. The molecule has 0 unspecified atom stereocenters. The molecule has 0 aromatic heterocycles. The first kappa shape index (κ1) is 23.6. The number of nitrogens with one attached hydrogen (secondary N) is 1. The molecule has 176 valence electrons. The van der Waals surface area contributed by atoms with Crippen LogP contribution >= 0.6 is 11.6 Å². The van der Waals surface area contributed by atoms with E-state index in [4.69, 9.17) is 16.3 Å². The van der Waals surface area contributed by atoms with Crippen molar-refractivity contribution in [1.29, 1.82) is 0 Å². The second-order valence-corrected chi connectivity index (χ2v) is 9.26. The molecule has 33 heavy (non-hydrogen) atoms. The maximum absolute atomic E-state index is 13.4. The zero-order valence-electron chi connectivity index (χ0n) is 19.1. The van der Waals surface area contributed by atoms with Crippen LogP contribution in [-0.2, 0) is 9.59 Å². The van der Waals surface area contributed by atoms with E-state index in [2.05, 4.69) is 10.2 Å². The fourth-order valence-electron chi connectivity index (χ4n) is 4.90. The van der Waals surface area contributed by atoms with Crippen LogP contribution in [0.25, 0.3) is 0 Å². The second kappa shape index (κ2) is 11.0. The number of carbonyl (C=O) groups excluding carboxylic acids is 2. The lowest BCUT2D eigenvalue weighted by Crippen LogP contribution is -2.47. The molecule has 0 aliphatic carbocycles. The van der Waals surface area contributed by atoms with E-state index in [9.17, 15) is 9.59 Å². The van der Waals surface area contributed by atoms with Crippen LogP contribution in [0.3, 0.4) is 0 Å². The van der Waals surface area contributed by atoms with Gasteiger partial charge in [0.15, 0.2) is 0 Å². The normalized spacial score (nSPS) is 18.5. The number of carbonyl (C=O) groups is 2. The number of halogens is 1. The second-order valence-electron chi connectivity index (χ2n) is 8.85. The number of anilines is 1. The highest BCUT2D eigenvalue weighted by atomic mass is 35.5. The summed E-state index contributed by atoms with van der Waals surface area (Å²) in [7, 11) is 1.56. The van der Waals surface area contributed by atoms with Gasteiger partial charge in [-0.2, -0.15) is 0 Å². The highest BCUT2D eigenvalue weighted by Crippen LogP contribution is 2.31. The van der Waals surface area contributed by atoms with Crippen LogP contribution in [0.5, 0.6) is 5.75 Å². The molecule has 2 amide bonds. The zero-order valence-corrected chi connectivity index (χ0v) is 19.9. The summed E-state index contributed by atoms with van der Waals surface area (Å²) in [5.41, 5.74) is 1.57. The molecule has 2 fully saturated rings. The van der Waals surface area contributed by atoms with Crippen molar-refractivity contribution in [2.24, 2.45) is 5.92 Å². The van der Waals surface area contributed by atoms with Gasteiger partial charge in [-0.3, -0.25) is 14.5 Å². The van der Waals surface area contributed by atoms with Crippen LogP contribution in [0, 0.1) is 5.92 Å². The summed E-state index contributed by atoms with van der Waals surface area (Å²) >= 11 is 6.25. The van der Waals surface area contributed by atoms with Crippen molar-refractivity contribution in [1.82, 2.24) is 9.80 Å². The number of nitrogens with zero attached hydrogens (tertiary/aromatic N) is 2. The molecule has 2 aromatic rings. The van der Waals surface area contributed by atoms with Gasteiger partial charge in [-0.05, 0) is 69.0 Å². The van der Waals surface area contributed by atoms with Crippen LogP contribution in [0.4, 0.5) is 5.69 Å². The molecule has 2 aliphatic rings. The topological polar surface area (TPSA) is 61.9 Å². The summed E-state index contributed by atoms with van der Waals surface area (Å²) < 4.78 is 5.21. The average Bonchev–Trinajstić information content (AvgIpc) is 2.85. The van der Waals surface area contributed by atoms with Gasteiger partial charge in [0.1, 0.15) is 11.8 Å². The molecule has 0 radical (unpaired) electrons. The van der Waals surface area contributed by atoms with Gasteiger partial charge in [0.2, 0.25) is 11.8 Å². The minimum Gasteiger partial charge on any atom is -0.495 e. The average molecular weight is 470 g/mol. The summed E-state index contributed by atoms with van der Waals surface area (Å²) in [5.74, 6) is 0.806. The SMILES string of the molecule is COc1ccc(NC(=O)[C@@H](c2ccccc2)N2CCC(C(=O)N3CCCCC3)CC2)cc1Cl. The van der Waals surface area contributed by atoms with Crippen molar-refractivity contribution in [2.75, 3.05) is 38.6 Å². The number of hydrogen-bond acceptors (Lipinski definition) is 4. The Kier molecular flexibility index (Phi) is 7.89. The molecule has 0 spiro atoms. The summed E-state index contributed by atoms with van der Waals surface area (Å²) in [6.07, 6.45) is 4.99. The van der Waals surface area contributed by atoms with E-state index in [-0.39, 0.29) is 11.8 Å². The third kappa shape index (κ3) is 5.68. The van der Waals surface area contributed by atoms with Crippen LogP contribution in [0.15, 0.2) is 48.5 Å². The molecular formula is C26H32ClN3O3. The lowest BCUT2D eigenvalue weighted by molar-refractivity contribution is -0.138. The lowest BCUT2D eigenvalue weighted by atomic mass is 9.92. The molecular weight excluding hydrogens is 438 g/mol. The summed E-state index contributed by atoms with van der Waals surface area (Å²) in [6, 6.07) is 14.6. The minimum atomic E-state index is -0.432. The van der Waals surface area contributed by atoms with Gasteiger partial charge >= 0.3 is 0 Å². The van der Waals surface area contributed by atoms with Crippen molar-refractivity contribution >= 4 is 29.1 Å². The van der Waals surface area contributed by atoms with Crippen LogP contribution in [-0.4, -0.2) is 54.9 Å². The highest BCUT2D eigenvalue weighted by molar-refractivity contribution is 6.32. The molecule has 0 bridgehead atoms. The van der Waals surface area contributed by atoms with Gasteiger partial charge < -0.3 is 15.0 Å². The largest absolute Gasteiger partial charge is 0.495 e. The molecule has 1 atom stereocenters. The molecule has 1 N–H and O–H groups in total. The van der Waals surface area contributed by atoms with Crippen molar-refractivity contribution in [3.63, 3.8) is 0 Å². The van der Waals surface area contributed by atoms with Gasteiger partial charge in [-0.1, -0.05) is 41.9 Å². The molecule has 7 heteroatoms. The van der Waals surface area contributed by atoms with Gasteiger partial charge in [-0.25, -0.2) is 0 Å². The number of benzene rings is 2. The first-order chi connectivity index (χ1) is 16.1. The summed E-state index contributed by atoms with van der Waals surface area (Å²) in [5, 5.41) is 3.47. The summed E-state index contributed by atoms with van der Waals surface area (Å²) in [4.78, 5) is 30.6. The van der Waals surface area contributed by atoms with E-state index < -0.39 is 6.04 Å². The van der Waals surface area contributed by atoms with E-state index in [1.807, 2.05) is 35.2 Å². The number of likely N-dealkylation sites (tertiary alicyclic amines) is 2. The number of hydrogen-bond donors (Lipinski definition) is 1. The van der Waals surface area contributed by atoms with Crippen LogP contribution < -0.4 is 10.1 Å².